The maximum atomic E-state index is 10.6. The van der Waals surface area contributed by atoms with Crippen molar-refractivity contribution in [3.8, 4) is 0 Å². The van der Waals surface area contributed by atoms with Crippen LogP contribution in [0.4, 0.5) is 0 Å². The molecule has 1 saturated heterocycles. The topological polar surface area (TPSA) is 40.5 Å². The molecule has 0 spiro atoms. The largest absolute Gasteiger partial charge is 0.481 e. The molecule has 0 aromatic rings. The summed E-state index contributed by atoms with van der Waals surface area (Å²) in [7, 11) is 0. The number of hydrogen-bond donors (Lipinski definition) is 1. The van der Waals surface area contributed by atoms with E-state index in [1.54, 1.807) is 0 Å². The Hall–Kier alpha value is -0.830. The van der Waals surface area contributed by atoms with E-state index in [0.717, 1.165) is 19.5 Å². The van der Waals surface area contributed by atoms with Gasteiger partial charge in [0, 0.05) is 13.1 Å². The van der Waals surface area contributed by atoms with Crippen LogP contribution < -0.4 is 0 Å². The third-order valence-electron chi connectivity index (χ3n) is 2.38. The van der Waals surface area contributed by atoms with Crippen molar-refractivity contribution in [2.24, 2.45) is 5.92 Å². The third kappa shape index (κ3) is 3.19. The summed E-state index contributed by atoms with van der Waals surface area (Å²) in [4.78, 5) is 12.8. The number of aliphatic carboxylic acids is 1. The van der Waals surface area contributed by atoms with Crippen LogP contribution in [0.2, 0.25) is 0 Å². The molecule has 0 amide bonds. The highest BCUT2D eigenvalue weighted by Gasteiger charge is 2.26. The van der Waals surface area contributed by atoms with Crippen LogP contribution >= 0.6 is 0 Å². The van der Waals surface area contributed by atoms with Crippen LogP contribution in [0.25, 0.3) is 0 Å². The molecule has 0 aliphatic carbocycles. The number of hydrogen-bond acceptors (Lipinski definition) is 2. The zero-order valence-corrected chi connectivity index (χ0v) is 8.29. The Bertz CT molecular complexity index is 219. The fraction of sp³-hybridized carbons (Fsp3) is 0.700. The first-order chi connectivity index (χ1) is 6.09. The van der Waals surface area contributed by atoms with Gasteiger partial charge >= 0.3 is 5.97 Å². The molecular formula is C10H17NO2. The van der Waals surface area contributed by atoms with Crippen molar-refractivity contribution in [1.82, 2.24) is 4.90 Å². The van der Waals surface area contributed by atoms with E-state index < -0.39 is 5.97 Å². The molecule has 0 saturated carbocycles. The van der Waals surface area contributed by atoms with Gasteiger partial charge in [0.1, 0.15) is 0 Å². The smallest absolute Gasteiger partial charge is 0.307 e. The molecule has 13 heavy (non-hydrogen) atoms. The van der Waals surface area contributed by atoms with Crippen LogP contribution in [0.1, 0.15) is 20.3 Å². The summed E-state index contributed by atoms with van der Waals surface area (Å²) in [6.45, 7) is 6.64. The molecular weight excluding hydrogens is 166 g/mol. The van der Waals surface area contributed by atoms with Crippen molar-refractivity contribution < 1.29 is 9.90 Å². The second kappa shape index (κ2) is 4.42. The van der Waals surface area contributed by atoms with E-state index in [2.05, 4.69) is 24.8 Å². The highest BCUT2D eigenvalue weighted by molar-refractivity contribution is 5.70. The highest BCUT2D eigenvalue weighted by atomic mass is 16.4. The Morgan fingerprint density at radius 2 is 2.31 bits per heavy atom. The maximum Gasteiger partial charge on any atom is 0.307 e. The van der Waals surface area contributed by atoms with E-state index >= 15 is 0 Å². The molecule has 3 nitrogen and oxygen atoms in total. The van der Waals surface area contributed by atoms with Crippen LogP contribution in [0.15, 0.2) is 11.6 Å². The minimum Gasteiger partial charge on any atom is -0.481 e. The lowest BCUT2D eigenvalue weighted by Gasteiger charge is -2.12. The van der Waals surface area contributed by atoms with Gasteiger partial charge in [0.05, 0.1) is 5.92 Å². The summed E-state index contributed by atoms with van der Waals surface area (Å²) in [5.74, 6) is -0.801. The number of carboxylic acids is 1. The molecule has 1 atom stereocenters. The van der Waals surface area contributed by atoms with Gasteiger partial charge in [-0.05, 0) is 26.8 Å². The van der Waals surface area contributed by atoms with Crippen molar-refractivity contribution in [3.63, 3.8) is 0 Å². The molecule has 1 heterocycles. The first kappa shape index (κ1) is 10.3. The summed E-state index contributed by atoms with van der Waals surface area (Å²) < 4.78 is 0. The first-order valence-electron chi connectivity index (χ1n) is 4.68. The van der Waals surface area contributed by atoms with E-state index in [9.17, 15) is 4.79 Å². The fourth-order valence-electron chi connectivity index (χ4n) is 1.51. The van der Waals surface area contributed by atoms with Gasteiger partial charge in [0.15, 0.2) is 0 Å². The summed E-state index contributed by atoms with van der Waals surface area (Å²) in [5, 5.41) is 8.77. The maximum absolute atomic E-state index is 10.6. The Kier molecular flexibility index (Phi) is 3.48. The van der Waals surface area contributed by atoms with Gasteiger partial charge in [-0.3, -0.25) is 9.69 Å². The van der Waals surface area contributed by atoms with Crippen LogP contribution in [0.5, 0.6) is 0 Å². The van der Waals surface area contributed by atoms with E-state index in [1.165, 1.54) is 5.57 Å². The predicted molar refractivity (Wildman–Crippen MR) is 51.6 cm³/mol. The number of nitrogens with zero attached hydrogens (tertiary/aromatic N) is 1. The van der Waals surface area contributed by atoms with Crippen LogP contribution in [0, 0.1) is 5.92 Å². The number of rotatable bonds is 3. The van der Waals surface area contributed by atoms with Gasteiger partial charge in [-0.2, -0.15) is 0 Å². The average Bonchev–Trinajstić information content (AvgIpc) is 2.48. The molecule has 3 heteroatoms. The molecule has 1 rings (SSSR count). The van der Waals surface area contributed by atoms with E-state index in [-0.39, 0.29) is 5.92 Å². The Labute approximate surface area is 79.0 Å². The molecule has 1 aliphatic heterocycles. The molecule has 1 aliphatic rings. The summed E-state index contributed by atoms with van der Waals surface area (Å²) >= 11 is 0. The monoisotopic (exact) mass is 183 g/mol. The zero-order chi connectivity index (χ0) is 9.84. The zero-order valence-electron chi connectivity index (χ0n) is 8.29. The van der Waals surface area contributed by atoms with E-state index in [1.807, 2.05) is 0 Å². The number of allylic oxidation sites excluding steroid dienone is 1. The molecule has 1 unspecified atom stereocenters. The summed E-state index contributed by atoms with van der Waals surface area (Å²) in [6.07, 6.45) is 2.94. The number of carboxylic acid groups (broad SMARTS) is 1. The lowest BCUT2D eigenvalue weighted by atomic mass is 10.1. The predicted octanol–water partition coefficient (Wildman–Crippen LogP) is 1.36. The van der Waals surface area contributed by atoms with Gasteiger partial charge in [-0.15, -0.1) is 0 Å². The molecule has 1 N–H and O–H groups in total. The van der Waals surface area contributed by atoms with Gasteiger partial charge in [0.25, 0.3) is 0 Å². The Morgan fingerprint density at radius 3 is 2.77 bits per heavy atom. The second-order valence-electron chi connectivity index (χ2n) is 3.86. The molecule has 0 bridgehead atoms. The second-order valence-corrected chi connectivity index (χ2v) is 3.86. The molecule has 0 aromatic heterocycles. The normalized spacial score (nSPS) is 23.1. The van der Waals surface area contributed by atoms with Gasteiger partial charge in [-0.25, -0.2) is 0 Å². The SMILES string of the molecule is CC(C)=CCN1CCC(C(=O)O)C1. The molecule has 0 aromatic carbocycles. The van der Waals surface area contributed by atoms with Gasteiger partial charge < -0.3 is 5.11 Å². The Morgan fingerprint density at radius 1 is 1.62 bits per heavy atom. The standard InChI is InChI=1S/C10H17NO2/c1-8(2)3-5-11-6-4-9(7-11)10(12)13/h3,9H,4-7H2,1-2H3,(H,12,13). The number of likely N-dealkylation sites (tertiary alicyclic amines) is 1. The first-order valence-corrected chi connectivity index (χ1v) is 4.68. The average molecular weight is 183 g/mol. The lowest BCUT2D eigenvalue weighted by molar-refractivity contribution is -0.141. The van der Waals surface area contributed by atoms with Crippen molar-refractivity contribution >= 4 is 5.97 Å². The van der Waals surface area contributed by atoms with Crippen LogP contribution in [-0.4, -0.2) is 35.6 Å². The summed E-state index contributed by atoms with van der Waals surface area (Å²) in [6, 6.07) is 0. The van der Waals surface area contributed by atoms with Crippen LogP contribution in [-0.2, 0) is 4.79 Å². The Balaban J connectivity index is 2.33. The van der Waals surface area contributed by atoms with Gasteiger partial charge in [0.2, 0.25) is 0 Å². The van der Waals surface area contributed by atoms with Crippen molar-refractivity contribution in [2.75, 3.05) is 19.6 Å². The van der Waals surface area contributed by atoms with E-state index in [4.69, 9.17) is 5.11 Å². The lowest BCUT2D eigenvalue weighted by Crippen LogP contribution is -2.23. The van der Waals surface area contributed by atoms with Crippen molar-refractivity contribution in [3.05, 3.63) is 11.6 Å². The highest BCUT2D eigenvalue weighted by Crippen LogP contribution is 2.15. The summed E-state index contributed by atoms with van der Waals surface area (Å²) in [5.41, 5.74) is 1.29. The minimum absolute atomic E-state index is 0.148. The third-order valence-corrected chi connectivity index (χ3v) is 2.38. The minimum atomic E-state index is -0.653. The molecule has 74 valence electrons. The van der Waals surface area contributed by atoms with Crippen molar-refractivity contribution in [1.29, 1.82) is 0 Å². The van der Waals surface area contributed by atoms with E-state index in [0.29, 0.717) is 6.54 Å². The fourth-order valence-corrected chi connectivity index (χ4v) is 1.51. The number of carbonyl (C=O) groups is 1. The quantitative estimate of drug-likeness (QED) is 0.672. The van der Waals surface area contributed by atoms with Crippen molar-refractivity contribution in [2.45, 2.75) is 20.3 Å². The van der Waals surface area contributed by atoms with Gasteiger partial charge in [-0.1, -0.05) is 11.6 Å². The molecule has 1 fully saturated rings. The van der Waals surface area contributed by atoms with Crippen LogP contribution in [0.3, 0.4) is 0 Å². The molecule has 0 radical (unpaired) electrons.